The Labute approximate surface area is 102 Å². The molecule has 1 aromatic heterocycles. The molecule has 0 saturated carbocycles. The molecule has 0 aromatic carbocycles. The van der Waals surface area contributed by atoms with Gasteiger partial charge < -0.3 is 11.1 Å². The van der Waals surface area contributed by atoms with E-state index in [1.54, 1.807) is 0 Å². The third-order valence-electron chi connectivity index (χ3n) is 2.84. The summed E-state index contributed by atoms with van der Waals surface area (Å²) in [5.74, 6) is 0.353. The first-order chi connectivity index (χ1) is 8.06. The number of nitrogens with one attached hydrogen (secondary N) is 1. The van der Waals surface area contributed by atoms with Gasteiger partial charge in [-0.15, -0.1) is 0 Å². The summed E-state index contributed by atoms with van der Waals surface area (Å²) in [6.07, 6.45) is 4.22. The molecule has 5 heteroatoms. The van der Waals surface area contributed by atoms with Crippen molar-refractivity contribution in [1.29, 1.82) is 0 Å². The Kier molecular flexibility index (Phi) is 4.87. The minimum absolute atomic E-state index is 0.339. The van der Waals surface area contributed by atoms with Crippen molar-refractivity contribution < 1.29 is 4.79 Å². The molecule has 0 radical (unpaired) electrons. The number of primary amides is 1. The number of aromatic nitrogens is 2. The van der Waals surface area contributed by atoms with Crippen LogP contribution in [-0.4, -0.2) is 21.9 Å². The normalized spacial score (nSPS) is 12.2. The van der Waals surface area contributed by atoms with Gasteiger partial charge in [-0.1, -0.05) is 19.8 Å². The molecule has 0 bridgehead atoms. The highest BCUT2D eigenvalue weighted by molar-refractivity contribution is 5.82. The number of aryl methyl sites for hydroxylation is 1. The van der Waals surface area contributed by atoms with Crippen molar-refractivity contribution in [3.05, 3.63) is 17.6 Å². The summed E-state index contributed by atoms with van der Waals surface area (Å²) in [4.78, 5) is 19.5. The SMILES string of the molecule is CCCC[C@@H](Nc1ncnc(C)c1C)C(N)=O. The second-order valence-electron chi connectivity index (χ2n) is 4.17. The van der Waals surface area contributed by atoms with Crippen LogP contribution in [0.15, 0.2) is 6.33 Å². The molecular weight excluding hydrogens is 216 g/mol. The number of amides is 1. The Morgan fingerprint density at radius 2 is 2.18 bits per heavy atom. The first-order valence-electron chi connectivity index (χ1n) is 5.90. The van der Waals surface area contributed by atoms with Gasteiger partial charge in [0.05, 0.1) is 0 Å². The Morgan fingerprint density at radius 1 is 1.47 bits per heavy atom. The molecule has 1 amide bonds. The Bertz CT molecular complexity index is 392. The summed E-state index contributed by atoms with van der Waals surface area (Å²) in [6.45, 7) is 5.92. The molecule has 17 heavy (non-hydrogen) atoms. The third-order valence-corrected chi connectivity index (χ3v) is 2.84. The smallest absolute Gasteiger partial charge is 0.239 e. The van der Waals surface area contributed by atoms with E-state index in [0.717, 1.165) is 30.5 Å². The van der Waals surface area contributed by atoms with Crippen LogP contribution in [0.4, 0.5) is 5.82 Å². The highest BCUT2D eigenvalue weighted by atomic mass is 16.1. The fraction of sp³-hybridized carbons (Fsp3) is 0.583. The van der Waals surface area contributed by atoms with Gasteiger partial charge in [-0.2, -0.15) is 0 Å². The standard InChI is InChI=1S/C12H20N4O/c1-4-5-6-10(11(13)17)16-12-8(2)9(3)14-7-15-12/h7,10H,4-6H2,1-3H3,(H2,13,17)(H,14,15,16)/t10-/m1/s1. The van der Waals surface area contributed by atoms with E-state index in [1.807, 2.05) is 13.8 Å². The average Bonchev–Trinajstić information content (AvgIpc) is 2.29. The first-order valence-corrected chi connectivity index (χ1v) is 5.90. The lowest BCUT2D eigenvalue weighted by molar-refractivity contribution is -0.118. The molecule has 0 saturated heterocycles. The monoisotopic (exact) mass is 236 g/mol. The third kappa shape index (κ3) is 3.69. The number of hydrogen-bond acceptors (Lipinski definition) is 4. The Morgan fingerprint density at radius 3 is 2.76 bits per heavy atom. The molecule has 0 unspecified atom stereocenters. The molecule has 1 aromatic rings. The summed E-state index contributed by atoms with van der Waals surface area (Å²) >= 11 is 0. The predicted octanol–water partition coefficient (Wildman–Crippen LogP) is 1.55. The largest absolute Gasteiger partial charge is 0.368 e. The summed E-state index contributed by atoms with van der Waals surface area (Å²) < 4.78 is 0. The van der Waals surface area contributed by atoms with Gasteiger partial charge in [0, 0.05) is 11.3 Å². The number of nitrogens with two attached hydrogens (primary N) is 1. The lowest BCUT2D eigenvalue weighted by atomic mass is 10.1. The molecule has 0 aliphatic heterocycles. The summed E-state index contributed by atoms with van der Waals surface area (Å²) in [5, 5.41) is 3.10. The number of hydrogen-bond donors (Lipinski definition) is 2. The van der Waals surface area contributed by atoms with Crippen molar-refractivity contribution in [3.8, 4) is 0 Å². The van der Waals surface area contributed by atoms with E-state index >= 15 is 0 Å². The van der Waals surface area contributed by atoms with E-state index in [1.165, 1.54) is 6.33 Å². The molecule has 1 atom stereocenters. The van der Waals surface area contributed by atoms with Gasteiger partial charge in [0.2, 0.25) is 5.91 Å². The van der Waals surface area contributed by atoms with Crippen LogP contribution < -0.4 is 11.1 Å². The van der Waals surface area contributed by atoms with Crippen molar-refractivity contribution in [3.63, 3.8) is 0 Å². The lowest BCUT2D eigenvalue weighted by Gasteiger charge is -2.17. The van der Waals surface area contributed by atoms with Crippen LogP contribution in [0.25, 0.3) is 0 Å². The minimum Gasteiger partial charge on any atom is -0.368 e. The van der Waals surface area contributed by atoms with Gasteiger partial charge in [-0.3, -0.25) is 4.79 Å². The van der Waals surface area contributed by atoms with E-state index in [2.05, 4.69) is 22.2 Å². The average molecular weight is 236 g/mol. The van der Waals surface area contributed by atoms with E-state index in [0.29, 0.717) is 5.82 Å². The highest BCUT2D eigenvalue weighted by Gasteiger charge is 2.16. The molecule has 0 aliphatic rings. The molecule has 1 rings (SSSR count). The van der Waals surface area contributed by atoms with Crippen LogP contribution in [0.2, 0.25) is 0 Å². The van der Waals surface area contributed by atoms with Crippen LogP contribution in [0.1, 0.15) is 37.4 Å². The van der Waals surface area contributed by atoms with Crippen LogP contribution in [-0.2, 0) is 4.79 Å². The zero-order valence-corrected chi connectivity index (χ0v) is 10.7. The van der Waals surface area contributed by atoms with E-state index in [4.69, 9.17) is 5.73 Å². The summed E-state index contributed by atoms with van der Waals surface area (Å²) in [6, 6.07) is -0.358. The van der Waals surface area contributed by atoms with Crippen LogP contribution in [0.3, 0.4) is 0 Å². The van der Waals surface area contributed by atoms with E-state index in [-0.39, 0.29) is 11.9 Å². The number of anilines is 1. The number of nitrogens with zero attached hydrogens (tertiary/aromatic N) is 2. The lowest BCUT2D eigenvalue weighted by Crippen LogP contribution is -2.36. The summed E-state index contributed by atoms with van der Waals surface area (Å²) in [7, 11) is 0. The fourth-order valence-corrected chi connectivity index (χ4v) is 1.54. The highest BCUT2D eigenvalue weighted by Crippen LogP contribution is 2.15. The fourth-order valence-electron chi connectivity index (χ4n) is 1.54. The van der Waals surface area contributed by atoms with Gasteiger partial charge in [0.25, 0.3) is 0 Å². The maximum Gasteiger partial charge on any atom is 0.239 e. The predicted molar refractivity (Wildman–Crippen MR) is 67.6 cm³/mol. The van der Waals surface area contributed by atoms with Gasteiger partial charge in [-0.25, -0.2) is 9.97 Å². The van der Waals surface area contributed by atoms with Gasteiger partial charge in [-0.05, 0) is 20.3 Å². The first kappa shape index (κ1) is 13.4. The molecule has 0 aliphatic carbocycles. The molecule has 3 N–H and O–H groups in total. The van der Waals surface area contributed by atoms with Crippen LogP contribution in [0.5, 0.6) is 0 Å². The molecule has 94 valence electrons. The molecular formula is C12H20N4O. The number of rotatable bonds is 6. The van der Waals surface area contributed by atoms with Crippen LogP contribution >= 0.6 is 0 Å². The van der Waals surface area contributed by atoms with Crippen molar-refractivity contribution in [2.24, 2.45) is 5.73 Å². The molecule has 1 heterocycles. The quantitative estimate of drug-likeness (QED) is 0.785. The van der Waals surface area contributed by atoms with E-state index in [9.17, 15) is 4.79 Å². The van der Waals surface area contributed by atoms with Gasteiger partial charge >= 0.3 is 0 Å². The van der Waals surface area contributed by atoms with Crippen molar-refractivity contribution in [2.45, 2.75) is 46.1 Å². The Balaban J connectivity index is 2.78. The van der Waals surface area contributed by atoms with Crippen LogP contribution in [0, 0.1) is 13.8 Å². The maximum atomic E-state index is 11.3. The van der Waals surface area contributed by atoms with E-state index < -0.39 is 0 Å². The van der Waals surface area contributed by atoms with Gasteiger partial charge in [0.1, 0.15) is 18.2 Å². The zero-order valence-electron chi connectivity index (χ0n) is 10.7. The number of unbranched alkanes of at least 4 members (excludes halogenated alkanes) is 1. The zero-order chi connectivity index (χ0) is 12.8. The minimum atomic E-state index is -0.358. The topological polar surface area (TPSA) is 80.9 Å². The maximum absolute atomic E-state index is 11.3. The molecule has 0 spiro atoms. The number of carbonyl (C=O) groups is 1. The Hall–Kier alpha value is -1.65. The van der Waals surface area contributed by atoms with Crippen molar-refractivity contribution in [1.82, 2.24) is 9.97 Å². The molecule has 0 fully saturated rings. The van der Waals surface area contributed by atoms with Crippen molar-refractivity contribution >= 4 is 11.7 Å². The van der Waals surface area contributed by atoms with Crippen molar-refractivity contribution in [2.75, 3.05) is 5.32 Å². The second-order valence-corrected chi connectivity index (χ2v) is 4.17. The summed E-state index contributed by atoms with van der Waals surface area (Å²) in [5.41, 5.74) is 7.23. The second kappa shape index (κ2) is 6.18. The van der Waals surface area contributed by atoms with Gasteiger partial charge in [0.15, 0.2) is 0 Å². The molecule has 5 nitrogen and oxygen atoms in total. The number of carbonyl (C=O) groups excluding carboxylic acids is 1.